The Morgan fingerprint density at radius 1 is 1.26 bits per heavy atom. The number of hydrogen-bond acceptors (Lipinski definition) is 3. The van der Waals surface area contributed by atoms with E-state index in [4.69, 9.17) is 9.84 Å². The van der Waals surface area contributed by atoms with Crippen molar-refractivity contribution in [3.05, 3.63) is 0 Å². The topological polar surface area (TPSA) is 87.7 Å². The minimum absolute atomic E-state index is 0.0726. The van der Waals surface area contributed by atoms with Gasteiger partial charge in [0.05, 0.1) is 5.60 Å². The van der Waals surface area contributed by atoms with Gasteiger partial charge >= 0.3 is 12.0 Å². The van der Waals surface area contributed by atoms with Crippen LogP contribution in [0.15, 0.2) is 0 Å². The minimum Gasteiger partial charge on any atom is -0.481 e. The van der Waals surface area contributed by atoms with Gasteiger partial charge in [0, 0.05) is 26.1 Å². The number of carboxylic acids is 1. The molecule has 19 heavy (non-hydrogen) atoms. The molecule has 0 spiro atoms. The van der Waals surface area contributed by atoms with E-state index < -0.39 is 5.97 Å². The van der Waals surface area contributed by atoms with E-state index >= 15 is 0 Å². The molecule has 0 saturated heterocycles. The van der Waals surface area contributed by atoms with Gasteiger partial charge in [-0.25, -0.2) is 4.79 Å². The van der Waals surface area contributed by atoms with Crippen LogP contribution in [0.3, 0.4) is 0 Å². The SMILES string of the molecule is CCOC1(CNC(=O)NCCCC(=O)O)CCCC1. The molecule has 0 aromatic carbocycles. The first kappa shape index (κ1) is 15.8. The fraction of sp³-hybridized carbons (Fsp3) is 0.846. The molecule has 0 atom stereocenters. The first-order valence-corrected chi connectivity index (χ1v) is 6.95. The maximum absolute atomic E-state index is 11.6. The monoisotopic (exact) mass is 272 g/mol. The Kier molecular flexibility index (Phi) is 6.62. The highest BCUT2D eigenvalue weighted by Crippen LogP contribution is 2.32. The molecule has 1 saturated carbocycles. The lowest BCUT2D eigenvalue weighted by atomic mass is 10.0. The zero-order chi connectivity index (χ0) is 14.1. The summed E-state index contributed by atoms with van der Waals surface area (Å²) < 4.78 is 5.78. The first-order chi connectivity index (χ1) is 9.08. The van der Waals surface area contributed by atoms with Gasteiger partial charge in [-0.15, -0.1) is 0 Å². The largest absolute Gasteiger partial charge is 0.481 e. The van der Waals surface area contributed by atoms with Crippen LogP contribution < -0.4 is 10.6 Å². The fourth-order valence-corrected chi connectivity index (χ4v) is 2.44. The number of carboxylic acid groups (broad SMARTS) is 1. The molecule has 6 heteroatoms. The van der Waals surface area contributed by atoms with Crippen molar-refractivity contribution in [2.75, 3.05) is 19.7 Å². The average Bonchev–Trinajstić information content (AvgIpc) is 2.82. The highest BCUT2D eigenvalue weighted by atomic mass is 16.5. The van der Waals surface area contributed by atoms with Crippen LogP contribution in [-0.2, 0) is 9.53 Å². The van der Waals surface area contributed by atoms with Crippen LogP contribution in [0.25, 0.3) is 0 Å². The van der Waals surface area contributed by atoms with E-state index in [1.165, 1.54) is 0 Å². The van der Waals surface area contributed by atoms with Gasteiger partial charge in [0.2, 0.25) is 0 Å². The Bertz CT molecular complexity index is 301. The maximum Gasteiger partial charge on any atom is 0.314 e. The normalized spacial score (nSPS) is 17.1. The molecular weight excluding hydrogens is 248 g/mol. The Balaban J connectivity index is 2.19. The minimum atomic E-state index is -0.844. The zero-order valence-corrected chi connectivity index (χ0v) is 11.5. The lowest BCUT2D eigenvalue weighted by Gasteiger charge is -2.29. The van der Waals surface area contributed by atoms with Gasteiger partial charge in [-0.1, -0.05) is 12.8 Å². The number of nitrogens with one attached hydrogen (secondary N) is 2. The van der Waals surface area contributed by atoms with Gasteiger partial charge in [0.1, 0.15) is 0 Å². The number of rotatable bonds is 8. The zero-order valence-electron chi connectivity index (χ0n) is 11.5. The Morgan fingerprint density at radius 2 is 1.95 bits per heavy atom. The third-order valence-electron chi connectivity index (χ3n) is 3.39. The standard InChI is InChI=1S/C13H24N2O4/c1-2-19-13(7-3-4-8-13)10-15-12(18)14-9-5-6-11(16)17/h2-10H2,1H3,(H,16,17)(H2,14,15,18). The van der Waals surface area contributed by atoms with Crippen LogP contribution in [0.4, 0.5) is 4.79 Å². The maximum atomic E-state index is 11.6. The van der Waals surface area contributed by atoms with Crippen molar-refractivity contribution in [3.63, 3.8) is 0 Å². The smallest absolute Gasteiger partial charge is 0.314 e. The van der Waals surface area contributed by atoms with Crippen LogP contribution in [-0.4, -0.2) is 42.4 Å². The second-order valence-electron chi connectivity index (χ2n) is 4.93. The molecule has 6 nitrogen and oxygen atoms in total. The Morgan fingerprint density at radius 3 is 2.53 bits per heavy atom. The number of aliphatic carboxylic acids is 1. The number of carbonyl (C=O) groups excluding carboxylic acids is 1. The highest BCUT2D eigenvalue weighted by Gasteiger charge is 2.34. The predicted octanol–water partition coefficient (Wildman–Crippen LogP) is 1.50. The van der Waals surface area contributed by atoms with Crippen LogP contribution in [0.1, 0.15) is 45.4 Å². The molecule has 1 aliphatic rings. The molecule has 0 aliphatic heterocycles. The molecule has 3 N–H and O–H groups in total. The molecule has 1 fully saturated rings. The molecule has 2 amide bonds. The highest BCUT2D eigenvalue weighted by molar-refractivity contribution is 5.74. The summed E-state index contributed by atoms with van der Waals surface area (Å²) in [7, 11) is 0. The van der Waals surface area contributed by atoms with Gasteiger partial charge in [-0.2, -0.15) is 0 Å². The van der Waals surface area contributed by atoms with E-state index in [1.54, 1.807) is 0 Å². The summed E-state index contributed by atoms with van der Waals surface area (Å²) >= 11 is 0. The predicted molar refractivity (Wildman–Crippen MR) is 71.1 cm³/mol. The molecule has 0 unspecified atom stereocenters. The van der Waals surface area contributed by atoms with E-state index in [2.05, 4.69) is 10.6 Å². The number of urea groups is 1. The summed E-state index contributed by atoms with van der Waals surface area (Å²) in [5, 5.41) is 13.9. The van der Waals surface area contributed by atoms with Crippen molar-refractivity contribution in [2.24, 2.45) is 0 Å². The van der Waals surface area contributed by atoms with Crippen LogP contribution in [0.5, 0.6) is 0 Å². The molecule has 0 radical (unpaired) electrons. The summed E-state index contributed by atoms with van der Waals surface area (Å²) in [5.41, 5.74) is -0.201. The van der Waals surface area contributed by atoms with Crippen molar-refractivity contribution >= 4 is 12.0 Å². The van der Waals surface area contributed by atoms with Crippen LogP contribution >= 0.6 is 0 Å². The second kappa shape index (κ2) is 7.99. The van der Waals surface area contributed by atoms with Crippen molar-refractivity contribution in [3.8, 4) is 0 Å². The molecule has 0 heterocycles. The van der Waals surface area contributed by atoms with Crippen LogP contribution in [0, 0.1) is 0 Å². The van der Waals surface area contributed by atoms with E-state index in [0.29, 0.717) is 26.1 Å². The van der Waals surface area contributed by atoms with Crippen molar-refractivity contribution in [2.45, 2.75) is 51.0 Å². The first-order valence-electron chi connectivity index (χ1n) is 6.95. The van der Waals surface area contributed by atoms with E-state index in [0.717, 1.165) is 25.7 Å². The molecule has 0 bridgehead atoms. The third-order valence-corrected chi connectivity index (χ3v) is 3.39. The fourth-order valence-electron chi connectivity index (χ4n) is 2.44. The molecule has 1 aliphatic carbocycles. The van der Waals surface area contributed by atoms with Gasteiger partial charge in [-0.05, 0) is 26.2 Å². The van der Waals surface area contributed by atoms with Crippen molar-refractivity contribution in [1.29, 1.82) is 0 Å². The number of hydrogen-bond donors (Lipinski definition) is 3. The molecule has 1 rings (SSSR count). The van der Waals surface area contributed by atoms with Gasteiger partial charge in [0.25, 0.3) is 0 Å². The van der Waals surface area contributed by atoms with E-state index in [-0.39, 0.29) is 18.1 Å². The molecule has 110 valence electrons. The van der Waals surface area contributed by atoms with Gasteiger partial charge in [-0.3, -0.25) is 4.79 Å². The van der Waals surface area contributed by atoms with Gasteiger partial charge < -0.3 is 20.5 Å². The summed E-state index contributed by atoms with van der Waals surface area (Å²) in [6.07, 6.45) is 4.77. The van der Waals surface area contributed by atoms with Crippen molar-refractivity contribution in [1.82, 2.24) is 10.6 Å². The average molecular weight is 272 g/mol. The summed E-state index contributed by atoms with van der Waals surface area (Å²) in [4.78, 5) is 21.9. The number of carbonyl (C=O) groups is 2. The number of amides is 2. The Labute approximate surface area is 113 Å². The van der Waals surface area contributed by atoms with Gasteiger partial charge in [0.15, 0.2) is 0 Å². The summed E-state index contributed by atoms with van der Waals surface area (Å²) in [6.45, 7) is 3.51. The lowest BCUT2D eigenvalue weighted by molar-refractivity contribution is -0.137. The Hall–Kier alpha value is -1.30. The molecule has 0 aromatic heterocycles. The van der Waals surface area contributed by atoms with E-state index in [1.807, 2.05) is 6.92 Å². The van der Waals surface area contributed by atoms with Crippen molar-refractivity contribution < 1.29 is 19.4 Å². The second-order valence-corrected chi connectivity index (χ2v) is 4.93. The number of ether oxygens (including phenoxy) is 1. The van der Waals surface area contributed by atoms with E-state index in [9.17, 15) is 9.59 Å². The van der Waals surface area contributed by atoms with Crippen LogP contribution in [0.2, 0.25) is 0 Å². The molecular formula is C13H24N2O4. The summed E-state index contributed by atoms with van der Waals surface area (Å²) in [5.74, 6) is -0.844. The quantitative estimate of drug-likeness (QED) is 0.584. The molecule has 0 aromatic rings. The third kappa shape index (κ3) is 5.92. The lowest BCUT2D eigenvalue weighted by Crippen LogP contribution is -2.46. The summed E-state index contributed by atoms with van der Waals surface area (Å²) in [6, 6.07) is -0.253.